The molecule has 112 valence electrons. The van der Waals surface area contributed by atoms with Crippen molar-refractivity contribution in [2.24, 2.45) is 0 Å². The molecule has 2 amide bonds. The number of para-hydroxylation sites is 1. The highest BCUT2D eigenvalue weighted by Gasteiger charge is 2.30. The van der Waals surface area contributed by atoms with Gasteiger partial charge in [-0.1, -0.05) is 18.2 Å². The molecule has 0 bridgehead atoms. The van der Waals surface area contributed by atoms with E-state index >= 15 is 0 Å². The number of anilines is 2. The maximum Gasteiger partial charge on any atom is 0.232 e. The van der Waals surface area contributed by atoms with Crippen LogP contribution in [0, 0.1) is 0 Å². The van der Waals surface area contributed by atoms with E-state index in [9.17, 15) is 9.59 Å². The quantitative estimate of drug-likeness (QED) is 0.915. The zero-order valence-electron chi connectivity index (χ0n) is 12.1. The molecule has 1 atom stereocenters. The first-order valence-corrected chi connectivity index (χ1v) is 7.01. The second kappa shape index (κ2) is 5.89. The van der Waals surface area contributed by atoms with Crippen molar-refractivity contribution in [2.75, 3.05) is 17.7 Å². The summed E-state index contributed by atoms with van der Waals surface area (Å²) >= 11 is 0. The third kappa shape index (κ3) is 2.79. The predicted molar refractivity (Wildman–Crippen MR) is 84.1 cm³/mol. The number of benzene rings is 2. The number of nitrogens with one attached hydrogen (secondary N) is 2. The maximum absolute atomic E-state index is 12.5. The van der Waals surface area contributed by atoms with E-state index in [1.165, 1.54) is 0 Å². The van der Waals surface area contributed by atoms with Crippen LogP contribution in [0.5, 0.6) is 5.75 Å². The standard InChI is InChI=1S/C17H16N2O3/c1-22-12-8-6-11(7-9-12)18-17(21)14-10-16(20)19-15-5-3-2-4-13(14)15/h2-9,14H,10H2,1H3,(H,18,21)(H,19,20)/t14-/m0/s1. The largest absolute Gasteiger partial charge is 0.497 e. The summed E-state index contributed by atoms with van der Waals surface area (Å²) < 4.78 is 5.09. The van der Waals surface area contributed by atoms with Crippen LogP contribution in [0.25, 0.3) is 0 Å². The number of hydrogen-bond acceptors (Lipinski definition) is 3. The zero-order valence-corrected chi connectivity index (χ0v) is 12.1. The number of amides is 2. The van der Waals surface area contributed by atoms with Crippen LogP contribution in [0.3, 0.4) is 0 Å². The summed E-state index contributed by atoms with van der Waals surface area (Å²) in [6, 6.07) is 14.5. The summed E-state index contributed by atoms with van der Waals surface area (Å²) in [7, 11) is 1.59. The van der Waals surface area contributed by atoms with Crippen molar-refractivity contribution < 1.29 is 14.3 Å². The number of rotatable bonds is 3. The molecule has 2 aromatic carbocycles. The van der Waals surface area contributed by atoms with E-state index in [0.29, 0.717) is 11.4 Å². The molecule has 22 heavy (non-hydrogen) atoms. The Hall–Kier alpha value is -2.82. The second-order valence-corrected chi connectivity index (χ2v) is 5.11. The summed E-state index contributed by atoms with van der Waals surface area (Å²) in [5.41, 5.74) is 2.22. The van der Waals surface area contributed by atoms with Crippen molar-refractivity contribution in [1.82, 2.24) is 0 Å². The zero-order chi connectivity index (χ0) is 15.5. The number of ether oxygens (including phenoxy) is 1. The van der Waals surface area contributed by atoms with Crippen LogP contribution >= 0.6 is 0 Å². The van der Waals surface area contributed by atoms with Crippen molar-refractivity contribution in [1.29, 1.82) is 0 Å². The number of fused-ring (bicyclic) bond motifs is 1. The van der Waals surface area contributed by atoms with Gasteiger partial charge < -0.3 is 15.4 Å². The van der Waals surface area contributed by atoms with E-state index in [1.807, 2.05) is 18.2 Å². The molecule has 2 aromatic rings. The lowest BCUT2D eigenvalue weighted by molar-refractivity contribution is -0.123. The van der Waals surface area contributed by atoms with Crippen molar-refractivity contribution in [3.05, 3.63) is 54.1 Å². The molecule has 0 radical (unpaired) electrons. The number of carbonyl (C=O) groups excluding carboxylic acids is 2. The van der Waals surface area contributed by atoms with Gasteiger partial charge in [0.05, 0.1) is 13.0 Å². The fraction of sp³-hybridized carbons (Fsp3) is 0.176. The summed E-state index contributed by atoms with van der Waals surface area (Å²) in [5.74, 6) is -0.0894. The van der Waals surface area contributed by atoms with Gasteiger partial charge >= 0.3 is 0 Å². The first-order valence-electron chi connectivity index (χ1n) is 7.01. The Morgan fingerprint density at radius 1 is 1.18 bits per heavy atom. The number of methoxy groups -OCH3 is 1. The monoisotopic (exact) mass is 296 g/mol. The van der Waals surface area contributed by atoms with Crippen molar-refractivity contribution in [3.63, 3.8) is 0 Å². The lowest BCUT2D eigenvalue weighted by Crippen LogP contribution is -2.30. The molecule has 5 heteroatoms. The van der Waals surface area contributed by atoms with E-state index in [1.54, 1.807) is 37.4 Å². The van der Waals surface area contributed by atoms with E-state index in [4.69, 9.17) is 4.74 Å². The Labute approximate surface area is 128 Å². The van der Waals surface area contributed by atoms with Crippen LogP contribution in [0.15, 0.2) is 48.5 Å². The predicted octanol–water partition coefficient (Wildman–Crippen LogP) is 2.76. The normalized spacial score (nSPS) is 16.4. The first kappa shape index (κ1) is 14.1. The Kier molecular flexibility index (Phi) is 3.78. The van der Waals surface area contributed by atoms with Crippen molar-refractivity contribution >= 4 is 23.2 Å². The molecule has 0 saturated carbocycles. The molecule has 5 nitrogen and oxygen atoms in total. The highest BCUT2D eigenvalue weighted by Crippen LogP contribution is 2.32. The molecule has 1 aliphatic rings. The van der Waals surface area contributed by atoms with Gasteiger partial charge in [-0.05, 0) is 35.9 Å². The molecular formula is C17H16N2O3. The average Bonchev–Trinajstić information content (AvgIpc) is 2.54. The topological polar surface area (TPSA) is 67.4 Å². The summed E-state index contributed by atoms with van der Waals surface area (Å²) in [6.07, 6.45) is 0.152. The summed E-state index contributed by atoms with van der Waals surface area (Å²) in [6.45, 7) is 0. The lowest BCUT2D eigenvalue weighted by Gasteiger charge is -2.24. The van der Waals surface area contributed by atoms with Gasteiger partial charge in [-0.15, -0.1) is 0 Å². The van der Waals surface area contributed by atoms with Gasteiger partial charge in [0, 0.05) is 17.8 Å². The maximum atomic E-state index is 12.5. The molecule has 0 spiro atoms. The van der Waals surface area contributed by atoms with E-state index in [2.05, 4.69) is 10.6 Å². The molecule has 0 saturated heterocycles. The molecule has 0 unspecified atom stereocenters. The smallest absolute Gasteiger partial charge is 0.232 e. The molecular weight excluding hydrogens is 280 g/mol. The van der Waals surface area contributed by atoms with E-state index in [-0.39, 0.29) is 18.2 Å². The second-order valence-electron chi connectivity index (χ2n) is 5.11. The molecule has 2 N–H and O–H groups in total. The average molecular weight is 296 g/mol. The first-order chi connectivity index (χ1) is 10.7. The highest BCUT2D eigenvalue weighted by atomic mass is 16.5. The minimum Gasteiger partial charge on any atom is -0.497 e. The lowest BCUT2D eigenvalue weighted by atomic mass is 9.90. The minimum absolute atomic E-state index is 0.145. The Morgan fingerprint density at radius 2 is 1.91 bits per heavy atom. The van der Waals surface area contributed by atoms with E-state index < -0.39 is 5.92 Å². The van der Waals surface area contributed by atoms with Gasteiger partial charge in [0.25, 0.3) is 0 Å². The Morgan fingerprint density at radius 3 is 2.64 bits per heavy atom. The van der Waals surface area contributed by atoms with Crippen LogP contribution in [-0.2, 0) is 9.59 Å². The van der Waals surface area contributed by atoms with Gasteiger partial charge in [-0.25, -0.2) is 0 Å². The number of carbonyl (C=O) groups is 2. The van der Waals surface area contributed by atoms with Crippen LogP contribution in [0.1, 0.15) is 17.9 Å². The van der Waals surface area contributed by atoms with Gasteiger partial charge in [0.2, 0.25) is 11.8 Å². The SMILES string of the molecule is COc1ccc(NC(=O)[C@H]2CC(=O)Nc3ccccc32)cc1. The molecule has 3 rings (SSSR count). The van der Waals surface area contributed by atoms with Crippen LogP contribution < -0.4 is 15.4 Å². The van der Waals surface area contributed by atoms with E-state index in [0.717, 1.165) is 11.3 Å². The molecule has 0 aromatic heterocycles. The molecule has 0 aliphatic carbocycles. The van der Waals surface area contributed by atoms with Crippen LogP contribution in [0.2, 0.25) is 0 Å². The number of hydrogen-bond donors (Lipinski definition) is 2. The molecule has 1 aliphatic heterocycles. The van der Waals surface area contributed by atoms with Crippen LogP contribution in [0.4, 0.5) is 11.4 Å². The Balaban J connectivity index is 1.81. The van der Waals surface area contributed by atoms with Gasteiger partial charge in [-0.2, -0.15) is 0 Å². The molecule has 0 fully saturated rings. The van der Waals surface area contributed by atoms with Crippen molar-refractivity contribution in [2.45, 2.75) is 12.3 Å². The third-order valence-electron chi connectivity index (χ3n) is 3.67. The summed E-state index contributed by atoms with van der Waals surface area (Å²) in [4.78, 5) is 24.3. The third-order valence-corrected chi connectivity index (χ3v) is 3.67. The minimum atomic E-state index is -0.480. The summed E-state index contributed by atoms with van der Waals surface area (Å²) in [5, 5.41) is 5.64. The van der Waals surface area contributed by atoms with Crippen LogP contribution in [-0.4, -0.2) is 18.9 Å². The fourth-order valence-electron chi connectivity index (χ4n) is 2.55. The van der Waals surface area contributed by atoms with Gasteiger partial charge in [0.1, 0.15) is 5.75 Å². The highest BCUT2D eigenvalue weighted by molar-refractivity contribution is 6.05. The Bertz CT molecular complexity index is 710. The van der Waals surface area contributed by atoms with Gasteiger partial charge in [-0.3, -0.25) is 9.59 Å². The molecule has 1 heterocycles. The van der Waals surface area contributed by atoms with Crippen molar-refractivity contribution in [3.8, 4) is 5.75 Å². The fourth-order valence-corrected chi connectivity index (χ4v) is 2.55. The van der Waals surface area contributed by atoms with Gasteiger partial charge in [0.15, 0.2) is 0 Å².